The largest absolute Gasteiger partial charge is 0.312 e. The predicted molar refractivity (Wildman–Crippen MR) is 89.1 cm³/mol. The van der Waals surface area contributed by atoms with Gasteiger partial charge < -0.3 is 4.98 Å². The Balaban J connectivity index is 1.98. The molecule has 3 rings (SSSR count). The van der Waals surface area contributed by atoms with Crippen molar-refractivity contribution in [2.24, 2.45) is 0 Å². The number of hydrogen-bond donors (Lipinski definition) is 2. The first-order chi connectivity index (χ1) is 10.5. The number of rotatable bonds is 4. The summed E-state index contributed by atoms with van der Waals surface area (Å²) >= 11 is 0.991. The van der Waals surface area contributed by atoms with Gasteiger partial charge in [-0.05, 0) is 42.3 Å². The van der Waals surface area contributed by atoms with Crippen LogP contribution in [0.3, 0.4) is 0 Å². The lowest BCUT2D eigenvalue weighted by atomic mass is 10.1. The molecule has 0 amide bonds. The van der Waals surface area contributed by atoms with Crippen molar-refractivity contribution < 1.29 is 8.42 Å². The van der Waals surface area contributed by atoms with Crippen molar-refractivity contribution in [2.75, 3.05) is 4.72 Å². The highest BCUT2D eigenvalue weighted by molar-refractivity contribution is 7.92. The van der Waals surface area contributed by atoms with E-state index in [-0.39, 0.29) is 9.77 Å². The molecule has 0 aliphatic heterocycles. The molecule has 0 radical (unpaired) electrons. The van der Waals surface area contributed by atoms with Gasteiger partial charge in [-0.2, -0.15) is 0 Å². The summed E-state index contributed by atoms with van der Waals surface area (Å²) in [6, 6.07) is 11.9. The van der Waals surface area contributed by atoms with Gasteiger partial charge in [-0.3, -0.25) is 9.52 Å². The van der Waals surface area contributed by atoms with E-state index in [0.717, 1.165) is 23.3 Å². The number of benzene rings is 2. The maximum absolute atomic E-state index is 12.5. The summed E-state index contributed by atoms with van der Waals surface area (Å²) in [6.07, 6.45) is 0.832. The molecule has 5 nitrogen and oxygen atoms in total. The molecule has 3 aromatic rings. The molecule has 0 spiro atoms. The molecule has 0 unspecified atom stereocenters. The first-order valence-electron chi connectivity index (χ1n) is 6.72. The first kappa shape index (κ1) is 14.8. The number of anilines is 1. The first-order valence-corrected chi connectivity index (χ1v) is 9.02. The Morgan fingerprint density at radius 3 is 2.77 bits per heavy atom. The monoisotopic (exact) mass is 334 g/mol. The molecule has 0 saturated carbocycles. The average Bonchev–Trinajstić information content (AvgIpc) is 2.86. The lowest BCUT2D eigenvalue weighted by molar-refractivity contribution is 0.601. The van der Waals surface area contributed by atoms with Gasteiger partial charge in [0.2, 0.25) is 0 Å². The Morgan fingerprint density at radius 1 is 1.18 bits per heavy atom. The van der Waals surface area contributed by atoms with Gasteiger partial charge >= 0.3 is 4.87 Å². The van der Waals surface area contributed by atoms with Gasteiger partial charge in [0.05, 0.1) is 15.1 Å². The molecule has 2 aromatic carbocycles. The zero-order valence-electron chi connectivity index (χ0n) is 11.8. The van der Waals surface area contributed by atoms with Crippen LogP contribution < -0.4 is 9.60 Å². The average molecular weight is 334 g/mol. The molecule has 2 N–H and O–H groups in total. The summed E-state index contributed by atoms with van der Waals surface area (Å²) in [5, 5.41) is 0. The number of aryl methyl sites for hydroxylation is 1. The standard InChI is InChI=1S/C15H14N2O3S2/c1-2-10-4-3-5-11(8-10)17-22(19,20)12-6-7-13-14(9-12)21-15(18)16-13/h3-9,17H,2H2,1H3,(H,16,18). The maximum Gasteiger partial charge on any atom is 0.305 e. The fraction of sp³-hybridized carbons (Fsp3) is 0.133. The van der Waals surface area contributed by atoms with E-state index < -0.39 is 10.0 Å². The summed E-state index contributed by atoms with van der Waals surface area (Å²) in [7, 11) is -3.68. The molecule has 0 aliphatic carbocycles. The van der Waals surface area contributed by atoms with Gasteiger partial charge in [0.15, 0.2) is 0 Å². The summed E-state index contributed by atoms with van der Waals surface area (Å²) in [5.74, 6) is 0. The minimum Gasteiger partial charge on any atom is -0.312 e. The van der Waals surface area contributed by atoms with Crippen LogP contribution in [0.4, 0.5) is 5.69 Å². The molecule has 0 aliphatic rings. The SMILES string of the molecule is CCc1cccc(NS(=O)(=O)c2ccc3[nH]c(=O)sc3c2)c1. The summed E-state index contributed by atoms with van der Waals surface area (Å²) in [6.45, 7) is 2.01. The van der Waals surface area contributed by atoms with Crippen molar-refractivity contribution in [3.63, 3.8) is 0 Å². The van der Waals surface area contributed by atoms with Crippen molar-refractivity contribution in [2.45, 2.75) is 18.2 Å². The number of sulfonamides is 1. The van der Waals surface area contributed by atoms with Crippen LogP contribution >= 0.6 is 11.3 Å². The third kappa shape index (κ3) is 2.90. The predicted octanol–water partition coefficient (Wildman–Crippen LogP) is 2.95. The zero-order valence-corrected chi connectivity index (χ0v) is 13.4. The van der Waals surface area contributed by atoms with E-state index in [1.54, 1.807) is 12.1 Å². The minimum absolute atomic E-state index is 0.136. The Morgan fingerprint density at radius 2 is 2.00 bits per heavy atom. The second kappa shape index (κ2) is 5.58. The fourth-order valence-electron chi connectivity index (χ4n) is 2.16. The number of H-pyrrole nitrogens is 1. The van der Waals surface area contributed by atoms with Crippen LogP contribution in [0.25, 0.3) is 10.2 Å². The van der Waals surface area contributed by atoms with Gasteiger partial charge in [0.1, 0.15) is 0 Å². The van der Waals surface area contributed by atoms with Gasteiger partial charge in [0, 0.05) is 5.69 Å². The fourth-order valence-corrected chi connectivity index (χ4v) is 4.09. The lowest BCUT2D eigenvalue weighted by Gasteiger charge is -2.09. The summed E-state index contributed by atoms with van der Waals surface area (Å²) in [4.78, 5) is 13.9. The number of aromatic nitrogens is 1. The highest BCUT2D eigenvalue weighted by Crippen LogP contribution is 2.22. The molecule has 1 heterocycles. The van der Waals surface area contributed by atoms with Gasteiger partial charge in [0.25, 0.3) is 10.0 Å². The van der Waals surface area contributed by atoms with Crippen molar-refractivity contribution >= 4 is 37.3 Å². The van der Waals surface area contributed by atoms with E-state index >= 15 is 0 Å². The molecular weight excluding hydrogens is 320 g/mol. The smallest absolute Gasteiger partial charge is 0.305 e. The van der Waals surface area contributed by atoms with Gasteiger partial charge in [-0.1, -0.05) is 30.4 Å². The molecule has 22 heavy (non-hydrogen) atoms. The van der Waals surface area contributed by atoms with Crippen LogP contribution in [-0.4, -0.2) is 13.4 Å². The highest BCUT2D eigenvalue weighted by atomic mass is 32.2. The van der Waals surface area contributed by atoms with E-state index in [2.05, 4.69) is 9.71 Å². The summed E-state index contributed by atoms with van der Waals surface area (Å²) in [5.41, 5.74) is 2.23. The Hall–Kier alpha value is -2.12. The number of thiazole rings is 1. The van der Waals surface area contributed by atoms with E-state index in [0.29, 0.717) is 15.9 Å². The Labute approximate surface area is 131 Å². The topological polar surface area (TPSA) is 79.0 Å². The van der Waals surface area contributed by atoms with Crippen molar-refractivity contribution in [3.8, 4) is 0 Å². The minimum atomic E-state index is -3.68. The number of aromatic amines is 1. The van der Waals surface area contributed by atoms with Crippen LogP contribution in [-0.2, 0) is 16.4 Å². The van der Waals surface area contributed by atoms with Crippen molar-refractivity contribution in [3.05, 3.63) is 57.7 Å². The second-order valence-electron chi connectivity index (χ2n) is 4.83. The van der Waals surface area contributed by atoms with Crippen LogP contribution in [0.2, 0.25) is 0 Å². The lowest BCUT2D eigenvalue weighted by Crippen LogP contribution is -2.12. The molecule has 0 atom stereocenters. The molecule has 0 saturated heterocycles. The normalized spacial score (nSPS) is 11.7. The van der Waals surface area contributed by atoms with Crippen molar-refractivity contribution in [1.29, 1.82) is 0 Å². The molecule has 7 heteroatoms. The van der Waals surface area contributed by atoms with Crippen molar-refractivity contribution in [1.82, 2.24) is 4.98 Å². The number of nitrogens with one attached hydrogen (secondary N) is 2. The van der Waals surface area contributed by atoms with Crippen LogP contribution in [0.1, 0.15) is 12.5 Å². The number of fused-ring (bicyclic) bond motifs is 1. The van der Waals surface area contributed by atoms with E-state index in [4.69, 9.17) is 0 Å². The van der Waals surface area contributed by atoms with E-state index in [1.165, 1.54) is 12.1 Å². The molecular formula is C15H14N2O3S2. The highest BCUT2D eigenvalue weighted by Gasteiger charge is 2.15. The Kier molecular flexibility index (Phi) is 3.76. The van der Waals surface area contributed by atoms with Gasteiger partial charge in [-0.15, -0.1) is 0 Å². The van der Waals surface area contributed by atoms with Crippen LogP contribution in [0.5, 0.6) is 0 Å². The second-order valence-corrected chi connectivity index (χ2v) is 7.53. The third-order valence-corrected chi connectivity index (χ3v) is 5.51. The van der Waals surface area contributed by atoms with Gasteiger partial charge in [-0.25, -0.2) is 8.42 Å². The van der Waals surface area contributed by atoms with Crippen LogP contribution in [0, 0.1) is 0 Å². The molecule has 1 aromatic heterocycles. The maximum atomic E-state index is 12.5. The van der Waals surface area contributed by atoms with E-state index in [9.17, 15) is 13.2 Å². The molecule has 0 bridgehead atoms. The van der Waals surface area contributed by atoms with Crippen LogP contribution in [0.15, 0.2) is 52.2 Å². The number of hydrogen-bond acceptors (Lipinski definition) is 4. The third-order valence-electron chi connectivity index (χ3n) is 3.29. The van der Waals surface area contributed by atoms with E-state index in [1.807, 2.05) is 25.1 Å². The Bertz CT molecular complexity index is 987. The summed E-state index contributed by atoms with van der Waals surface area (Å²) < 4.78 is 28.1. The quantitative estimate of drug-likeness (QED) is 0.770. The molecule has 114 valence electrons. The zero-order chi connectivity index (χ0) is 15.7. The molecule has 0 fully saturated rings.